The molecular weight excluding hydrogens is 231 g/mol. The Hall–Kier alpha value is -1.42. The van der Waals surface area contributed by atoms with E-state index in [1.165, 1.54) is 12.1 Å². The Labute approximate surface area is 107 Å². The Morgan fingerprint density at radius 1 is 1.56 bits per heavy atom. The first kappa shape index (κ1) is 13.0. The number of hydrogen-bond acceptors (Lipinski definition) is 2. The monoisotopic (exact) mass is 250 g/mol. The molecule has 0 aliphatic carbocycles. The largest absolute Gasteiger partial charge is 0.333 e. The summed E-state index contributed by atoms with van der Waals surface area (Å²) in [5.41, 5.74) is 0.867. The number of carbonyl (C=O) groups is 1. The Morgan fingerprint density at radius 2 is 2.39 bits per heavy atom. The number of halogens is 1. The molecule has 98 valence electrons. The molecule has 1 N–H and O–H groups in total. The molecule has 0 radical (unpaired) electrons. The maximum Gasteiger partial charge on any atom is 0.223 e. The molecule has 4 heteroatoms. The fourth-order valence-corrected chi connectivity index (χ4v) is 2.37. The van der Waals surface area contributed by atoms with Gasteiger partial charge in [-0.25, -0.2) is 4.39 Å². The second kappa shape index (κ2) is 5.96. The molecule has 1 aromatic carbocycles. The van der Waals surface area contributed by atoms with Crippen LogP contribution < -0.4 is 5.32 Å². The van der Waals surface area contributed by atoms with Crippen molar-refractivity contribution in [1.82, 2.24) is 10.2 Å². The van der Waals surface area contributed by atoms with Crippen LogP contribution in [0.1, 0.15) is 31.4 Å². The second-order valence-electron chi connectivity index (χ2n) is 4.61. The fraction of sp³-hybridized carbons (Fsp3) is 0.500. The van der Waals surface area contributed by atoms with Crippen LogP contribution in [0, 0.1) is 5.82 Å². The summed E-state index contributed by atoms with van der Waals surface area (Å²) in [7, 11) is 0. The minimum Gasteiger partial charge on any atom is -0.333 e. The molecule has 1 aliphatic rings. The number of carbonyl (C=O) groups excluding carboxylic acids is 1. The lowest BCUT2D eigenvalue weighted by Crippen LogP contribution is -2.48. The van der Waals surface area contributed by atoms with Gasteiger partial charge in [0.15, 0.2) is 0 Å². The van der Waals surface area contributed by atoms with E-state index in [-0.39, 0.29) is 17.8 Å². The minimum atomic E-state index is -0.249. The smallest absolute Gasteiger partial charge is 0.223 e. The minimum absolute atomic E-state index is 0.0477. The molecule has 0 spiro atoms. The van der Waals surface area contributed by atoms with E-state index in [1.54, 1.807) is 6.07 Å². The lowest BCUT2D eigenvalue weighted by molar-refractivity contribution is -0.134. The fourth-order valence-electron chi connectivity index (χ4n) is 2.37. The van der Waals surface area contributed by atoms with Crippen LogP contribution in [0.3, 0.4) is 0 Å². The molecule has 1 aromatic rings. The van der Waals surface area contributed by atoms with Gasteiger partial charge < -0.3 is 10.2 Å². The number of piperazine rings is 1. The van der Waals surface area contributed by atoms with E-state index in [2.05, 4.69) is 5.32 Å². The maximum atomic E-state index is 13.3. The van der Waals surface area contributed by atoms with Crippen molar-refractivity contribution in [3.63, 3.8) is 0 Å². The molecule has 2 rings (SSSR count). The average Bonchev–Trinajstić information content (AvgIpc) is 2.39. The van der Waals surface area contributed by atoms with Crippen LogP contribution in [0.5, 0.6) is 0 Å². The molecular formula is C14H19FN2O. The Bertz CT molecular complexity index is 422. The van der Waals surface area contributed by atoms with Crippen LogP contribution in [0.2, 0.25) is 0 Å². The van der Waals surface area contributed by atoms with E-state index in [0.717, 1.165) is 18.5 Å². The molecule has 1 unspecified atom stereocenters. The van der Waals surface area contributed by atoms with Crippen molar-refractivity contribution in [3.05, 3.63) is 35.6 Å². The topological polar surface area (TPSA) is 32.3 Å². The third-order valence-corrected chi connectivity index (χ3v) is 3.26. The summed E-state index contributed by atoms with van der Waals surface area (Å²) < 4.78 is 13.3. The zero-order valence-corrected chi connectivity index (χ0v) is 10.7. The molecule has 1 atom stereocenters. The van der Waals surface area contributed by atoms with Crippen molar-refractivity contribution in [1.29, 1.82) is 0 Å². The zero-order chi connectivity index (χ0) is 13.0. The van der Waals surface area contributed by atoms with Crippen LogP contribution in [0.25, 0.3) is 0 Å². The summed E-state index contributed by atoms with van der Waals surface area (Å²) in [5.74, 6) is -0.0887. The quantitative estimate of drug-likeness (QED) is 0.891. The molecule has 1 heterocycles. The second-order valence-corrected chi connectivity index (χ2v) is 4.61. The number of rotatable bonds is 3. The van der Waals surface area contributed by atoms with Crippen LogP contribution >= 0.6 is 0 Å². The highest BCUT2D eigenvalue weighted by atomic mass is 19.1. The van der Waals surface area contributed by atoms with Crippen molar-refractivity contribution in [3.8, 4) is 0 Å². The molecule has 0 bridgehead atoms. The highest BCUT2D eigenvalue weighted by Crippen LogP contribution is 2.23. The summed E-state index contributed by atoms with van der Waals surface area (Å²) in [6, 6.07) is 6.48. The van der Waals surface area contributed by atoms with Gasteiger partial charge in [0, 0.05) is 26.1 Å². The molecule has 1 amide bonds. The molecule has 0 saturated carbocycles. The highest BCUT2D eigenvalue weighted by Gasteiger charge is 2.27. The average molecular weight is 250 g/mol. The van der Waals surface area contributed by atoms with Crippen molar-refractivity contribution < 1.29 is 9.18 Å². The lowest BCUT2D eigenvalue weighted by atomic mass is 10.0. The Morgan fingerprint density at radius 3 is 3.11 bits per heavy atom. The summed E-state index contributed by atoms with van der Waals surface area (Å²) in [6.07, 6.45) is 1.41. The van der Waals surface area contributed by atoms with Gasteiger partial charge in [-0.05, 0) is 24.1 Å². The molecule has 1 aliphatic heterocycles. The summed E-state index contributed by atoms with van der Waals surface area (Å²) in [5, 5.41) is 3.26. The number of nitrogens with zero attached hydrogens (tertiary/aromatic N) is 1. The van der Waals surface area contributed by atoms with E-state index in [1.807, 2.05) is 17.9 Å². The van der Waals surface area contributed by atoms with Gasteiger partial charge in [0.1, 0.15) is 5.82 Å². The van der Waals surface area contributed by atoms with Crippen LogP contribution in [-0.4, -0.2) is 30.4 Å². The zero-order valence-electron chi connectivity index (χ0n) is 10.7. The number of benzene rings is 1. The van der Waals surface area contributed by atoms with E-state index in [4.69, 9.17) is 0 Å². The lowest BCUT2D eigenvalue weighted by Gasteiger charge is -2.36. The first-order chi connectivity index (χ1) is 8.72. The predicted molar refractivity (Wildman–Crippen MR) is 68.6 cm³/mol. The van der Waals surface area contributed by atoms with Gasteiger partial charge in [-0.2, -0.15) is 0 Å². The van der Waals surface area contributed by atoms with E-state index in [9.17, 15) is 9.18 Å². The predicted octanol–water partition coefficient (Wildman–Crippen LogP) is 2.10. The molecule has 1 saturated heterocycles. The SMILES string of the molecule is CCCC(=O)N1CCNCC1c1cccc(F)c1. The number of nitrogens with one attached hydrogen (secondary N) is 1. The Balaban J connectivity index is 2.20. The van der Waals surface area contributed by atoms with Crippen LogP contribution in [-0.2, 0) is 4.79 Å². The third-order valence-electron chi connectivity index (χ3n) is 3.26. The van der Waals surface area contributed by atoms with Gasteiger partial charge in [-0.15, -0.1) is 0 Å². The first-order valence-electron chi connectivity index (χ1n) is 6.48. The summed E-state index contributed by atoms with van der Waals surface area (Å²) >= 11 is 0. The van der Waals surface area contributed by atoms with Gasteiger partial charge in [0.05, 0.1) is 6.04 Å². The van der Waals surface area contributed by atoms with Gasteiger partial charge in [0.2, 0.25) is 5.91 Å². The number of hydrogen-bond donors (Lipinski definition) is 1. The summed E-state index contributed by atoms with van der Waals surface area (Å²) in [4.78, 5) is 13.9. The molecule has 18 heavy (non-hydrogen) atoms. The molecule has 3 nitrogen and oxygen atoms in total. The van der Waals surface area contributed by atoms with Crippen molar-refractivity contribution >= 4 is 5.91 Å². The van der Waals surface area contributed by atoms with Gasteiger partial charge in [-0.1, -0.05) is 19.1 Å². The van der Waals surface area contributed by atoms with Gasteiger partial charge in [-0.3, -0.25) is 4.79 Å². The first-order valence-corrected chi connectivity index (χ1v) is 6.48. The van der Waals surface area contributed by atoms with Gasteiger partial charge in [0.25, 0.3) is 0 Å². The number of amides is 1. The van der Waals surface area contributed by atoms with Crippen molar-refractivity contribution in [2.75, 3.05) is 19.6 Å². The third kappa shape index (κ3) is 2.88. The normalized spacial score (nSPS) is 19.9. The van der Waals surface area contributed by atoms with Crippen LogP contribution in [0.15, 0.2) is 24.3 Å². The standard InChI is InChI=1S/C14H19FN2O/c1-2-4-14(18)17-8-7-16-10-13(17)11-5-3-6-12(15)9-11/h3,5-6,9,13,16H,2,4,7-8,10H2,1H3. The molecule has 1 fully saturated rings. The van der Waals surface area contributed by atoms with Crippen molar-refractivity contribution in [2.24, 2.45) is 0 Å². The summed E-state index contributed by atoms with van der Waals surface area (Å²) in [6.45, 7) is 4.19. The van der Waals surface area contributed by atoms with E-state index < -0.39 is 0 Å². The van der Waals surface area contributed by atoms with Gasteiger partial charge >= 0.3 is 0 Å². The molecule has 0 aromatic heterocycles. The highest BCUT2D eigenvalue weighted by molar-refractivity contribution is 5.76. The van der Waals surface area contributed by atoms with Crippen LogP contribution in [0.4, 0.5) is 4.39 Å². The Kier molecular flexibility index (Phi) is 4.31. The van der Waals surface area contributed by atoms with E-state index in [0.29, 0.717) is 19.5 Å². The van der Waals surface area contributed by atoms with E-state index >= 15 is 0 Å². The maximum absolute atomic E-state index is 13.3. The van der Waals surface area contributed by atoms with Crippen molar-refractivity contribution in [2.45, 2.75) is 25.8 Å².